The molecule has 0 aromatic heterocycles. The van der Waals surface area contributed by atoms with E-state index in [1.807, 2.05) is 18.9 Å². The first-order valence-corrected chi connectivity index (χ1v) is 7.08. The van der Waals surface area contributed by atoms with Crippen LogP contribution in [0.4, 0.5) is 0 Å². The summed E-state index contributed by atoms with van der Waals surface area (Å²) < 4.78 is 5.83. The van der Waals surface area contributed by atoms with Crippen molar-refractivity contribution in [3.05, 3.63) is 0 Å². The molecule has 2 N–H and O–H groups in total. The third kappa shape index (κ3) is 3.23. The second-order valence-corrected chi connectivity index (χ2v) is 5.37. The van der Waals surface area contributed by atoms with Crippen LogP contribution in [0.1, 0.15) is 47.0 Å². The molecule has 114 valence electrons. The van der Waals surface area contributed by atoms with E-state index in [0.717, 1.165) is 25.9 Å². The van der Waals surface area contributed by atoms with Crippen molar-refractivity contribution in [2.24, 2.45) is 11.1 Å². The number of nitrogens with two attached hydrogens (primary N) is 1. The molecule has 19 heavy (non-hydrogen) atoms. The van der Waals surface area contributed by atoms with Gasteiger partial charge in [0.15, 0.2) is 0 Å². The number of carbonyl (C=O) groups is 1. The Morgan fingerprint density at radius 1 is 1.42 bits per heavy atom. The van der Waals surface area contributed by atoms with Gasteiger partial charge in [0.25, 0.3) is 0 Å². The Kier molecular flexibility index (Phi) is 7.33. The molecule has 0 aromatic rings. The molecule has 0 bridgehead atoms. The van der Waals surface area contributed by atoms with E-state index in [0.29, 0.717) is 0 Å². The fourth-order valence-corrected chi connectivity index (χ4v) is 3.36. The third-order valence-electron chi connectivity index (χ3n) is 4.63. The fourth-order valence-electron chi connectivity index (χ4n) is 3.36. The average molecular weight is 293 g/mol. The molecule has 1 rings (SSSR count). The standard InChI is InChI=1S/C14H28N2O2.ClH/c1-6-14(7-2)11(9-12(14)18-8-3)16(5)13(17)10(4)15;/h10-12H,6-9,15H2,1-5H3;1H/t10-,11?,12?;/m0./s1. The first-order valence-electron chi connectivity index (χ1n) is 7.08. The molecule has 2 unspecified atom stereocenters. The minimum absolute atomic E-state index is 0. The zero-order chi connectivity index (χ0) is 13.9. The van der Waals surface area contributed by atoms with Gasteiger partial charge in [0.1, 0.15) is 0 Å². The fraction of sp³-hybridized carbons (Fsp3) is 0.929. The average Bonchev–Trinajstić information content (AvgIpc) is 2.34. The lowest BCUT2D eigenvalue weighted by Crippen LogP contribution is -2.65. The largest absolute Gasteiger partial charge is 0.378 e. The minimum atomic E-state index is -0.424. The Labute approximate surface area is 123 Å². The highest BCUT2D eigenvalue weighted by atomic mass is 35.5. The summed E-state index contributed by atoms with van der Waals surface area (Å²) >= 11 is 0. The van der Waals surface area contributed by atoms with Gasteiger partial charge in [0.2, 0.25) is 5.91 Å². The Morgan fingerprint density at radius 3 is 2.32 bits per heavy atom. The molecular weight excluding hydrogens is 264 g/mol. The molecule has 4 nitrogen and oxygen atoms in total. The molecule has 5 heteroatoms. The number of nitrogens with zero attached hydrogens (tertiary/aromatic N) is 1. The summed E-state index contributed by atoms with van der Waals surface area (Å²) in [6, 6.07) is -0.157. The summed E-state index contributed by atoms with van der Waals surface area (Å²) in [5, 5.41) is 0. The van der Waals surface area contributed by atoms with Crippen LogP contribution in [-0.4, -0.2) is 42.6 Å². The monoisotopic (exact) mass is 292 g/mol. The molecule has 3 atom stereocenters. The second kappa shape index (κ2) is 7.46. The molecule has 0 saturated heterocycles. The molecule has 0 radical (unpaired) electrons. The maximum Gasteiger partial charge on any atom is 0.239 e. The Bertz CT molecular complexity index is 293. The Balaban J connectivity index is 0.00000324. The van der Waals surface area contributed by atoms with Crippen molar-refractivity contribution in [1.82, 2.24) is 4.90 Å². The number of ether oxygens (including phenoxy) is 1. The van der Waals surface area contributed by atoms with Crippen LogP contribution in [-0.2, 0) is 9.53 Å². The smallest absolute Gasteiger partial charge is 0.239 e. The van der Waals surface area contributed by atoms with E-state index < -0.39 is 6.04 Å². The summed E-state index contributed by atoms with van der Waals surface area (Å²) in [7, 11) is 1.87. The number of rotatable bonds is 6. The summed E-state index contributed by atoms with van der Waals surface area (Å²) in [4.78, 5) is 13.9. The minimum Gasteiger partial charge on any atom is -0.378 e. The summed E-state index contributed by atoms with van der Waals surface area (Å²) in [5.74, 6) is 0.0289. The molecule has 0 aliphatic heterocycles. The normalized spacial score (nSPS) is 26.0. The first kappa shape index (κ1) is 18.7. The van der Waals surface area contributed by atoms with Crippen molar-refractivity contribution in [2.75, 3.05) is 13.7 Å². The van der Waals surface area contributed by atoms with E-state index in [4.69, 9.17) is 10.5 Å². The van der Waals surface area contributed by atoms with E-state index in [-0.39, 0.29) is 35.9 Å². The van der Waals surface area contributed by atoms with Gasteiger partial charge < -0.3 is 15.4 Å². The van der Waals surface area contributed by atoms with Crippen LogP contribution in [0, 0.1) is 5.41 Å². The highest BCUT2D eigenvalue weighted by Crippen LogP contribution is 2.51. The van der Waals surface area contributed by atoms with Crippen molar-refractivity contribution in [2.45, 2.75) is 65.1 Å². The molecule has 1 fully saturated rings. The van der Waals surface area contributed by atoms with E-state index in [1.165, 1.54) is 0 Å². The molecule has 1 aliphatic rings. The van der Waals surface area contributed by atoms with Crippen LogP contribution < -0.4 is 5.73 Å². The molecule has 0 heterocycles. The Morgan fingerprint density at radius 2 is 1.95 bits per heavy atom. The molecule has 0 spiro atoms. The van der Waals surface area contributed by atoms with Crippen LogP contribution in [0.2, 0.25) is 0 Å². The van der Waals surface area contributed by atoms with E-state index in [9.17, 15) is 4.79 Å². The highest BCUT2D eigenvalue weighted by Gasteiger charge is 2.55. The molecule has 0 aromatic carbocycles. The van der Waals surface area contributed by atoms with E-state index in [2.05, 4.69) is 13.8 Å². The van der Waals surface area contributed by atoms with Gasteiger partial charge in [0, 0.05) is 25.1 Å². The quantitative estimate of drug-likeness (QED) is 0.816. The van der Waals surface area contributed by atoms with E-state index in [1.54, 1.807) is 6.92 Å². The summed E-state index contributed by atoms with van der Waals surface area (Å²) in [6.45, 7) is 8.89. The lowest BCUT2D eigenvalue weighted by atomic mass is 9.58. The van der Waals surface area contributed by atoms with Gasteiger partial charge in [-0.3, -0.25) is 4.79 Å². The van der Waals surface area contributed by atoms with Gasteiger partial charge in [-0.1, -0.05) is 13.8 Å². The zero-order valence-electron chi connectivity index (χ0n) is 12.8. The molecular formula is C14H29ClN2O2. The maximum absolute atomic E-state index is 12.0. The van der Waals surface area contributed by atoms with Crippen molar-refractivity contribution >= 4 is 18.3 Å². The SMILES string of the molecule is CCOC1CC(N(C)C(=O)[C@H](C)N)C1(CC)CC.Cl. The van der Waals surface area contributed by atoms with Crippen molar-refractivity contribution in [3.63, 3.8) is 0 Å². The van der Waals surface area contributed by atoms with Gasteiger partial charge in [-0.25, -0.2) is 0 Å². The number of halogens is 1. The van der Waals surface area contributed by atoms with Crippen LogP contribution in [0.3, 0.4) is 0 Å². The van der Waals surface area contributed by atoms with Crippen molar-refractivity contribution in [1.29, 1.82) is 0 Å². The Hall–Kier alpha value is -0.320. The predicted octanol–water partition coefficient (Wildman–Crippen LogP) is 2.20. The van der Waals surface area contributed by atoms with Crippen molar-refractivity contribution < 1.29 is 9.53 Å². The first-order chi connectivity index (χ1) is 8.44. The second-order valence-electron chi connectivity index (χ2n) is 5.37. The van der Waals surface area contributed by atoms with Crippen LogP contribution >= 0.6 is 12.4 Å². The van der Waals surface area contributed by atoms with Crippen LogP contribution in [0.5, 0.6) is 0 Å². The van der Waals surface area contributed by atoms with E-state index >= 15 is 0 Å². The number of carbonyl (C=O) groups excluding carboxylic acids is 1. The number of hydrogen-bond acceptors (Lipinski definition) is 3. The van der Waals surface area contributed by atoms with Crippen molar-refractivity contribution in [3.8, 4) is 0 Å². The lowest BCUT2D eigenvalue weighted by Gasteiger charge is -2.58. The highest BCUT2D eigenvalue weighted by molar-refractivity contribution is 5.85. The van der Waals surface area contributed by atoms with Gasteiger partial charge >= 0.3 is 0 Å². The van der Waals surface area contributed by atoms with Gasteiger partial charge in [0.05, 0.1) is 12.1 Å². The van der Waals surface area contributed by atoms with Crippen LogP contribution in [0.25, 0.3) is 0 Å². The number of hydrogen-bond donors (Lipinski definition) is 1. The zero-order valence-corrected chi connectivity index (χ0v) is 13.6. The maximum atomic E-state index is 12.0. The molecule has 1 aliphatic carbocycles. The van der Waals surface area contributed by atoms with Gasteiger partial charge in [-0.15, -0.1) is 12.4 Å². The lowest BCUT2D eigenvalue weighted by molar-refractivity contribution is -0.177. The molecule has 1 saturated carbocycles. The van der Waals surface area contributed by atoms with Gasteiger partial charge in [-0.2, -0.15) is 0 Å². The predicted molar refractivity (Wildman–Crippen MR) is 80.5 cm³/mol. The topological polar surface area (TPSA) is 55.6 Å². The van der Waals surface area contributed by atoms with Crippen LogP contribution in [0.15, 0.2) is 0 Å². The van der Waals surface area contributed by atoms with Gasteiger partial charge in [-0.05, 0) is 33.1 Å². The summed E-state index contributed by atoms with van der Waals surface area (Å²) in [5.41, 5.74) is 5.80. The number of amides is 1. The molecule has 1 amide bonds. The summed E-state index contributed by atoms with van der Waals surface area (Å²) in [6.07, 6.45) is 3.29. The third-order valence-corrected chi connectivity index (χ3v) is 4.63. The number of likely N-dealkylation sites (N-methyl/N-ethyl adjacent to an activating group) is 1.